The number of hydrogen-bond acceptors (Lipinski definition) is 2. The van der Waals surface area contributed by atoms with Crippen LogP contribution in [0.2, 0.25) is 0 Å². The topological polar surface area (TPSA) is 30.0 Å². The number of carbonyl (C=O) groups is 1. The molecule has 2 aromatic rings. The molecule has 1 aromatic heterocycles. The first-order valence-corrected chi connectivity index (χ1v) is 6.74. The standard InChI is InChI=1S/C17H19NO/c1-14(19)17-8-6-15(7-9-17)4-2-3-5-16-10-12-18-13-11-16/h6-13H,2-5H2,1H3. The van der Waals surface area contributed by atoms with Crippen LogP contribution in [0.4, 0.5) is 0 Å². The zero-order valence-electron chi connectivity index (χ0n) is 11.3. The number of carbonyl (C=O) groups excluding carboxylic acids is 1. The number of aromatic nitrogens is 1. The van der Waals surface area contributed by atoms with Gasteiger partial charge in [-0.15, -0.1) is 0 Å². The fourth-order valence-corrected chi connectivity index (χ4v) is 2.11. The minimum atomic E-state index is 0.129. The first-order valence-electron chi connectivity index (χ1n) is 6.74. The lowest BCUT2D eigenvalue weighted by Gasteiger charge is -2.03. The number of rotatable bonds is 6. The zero-order valence-corrected chi connectivity index (χ0v) is 11.3. The van der Waals surface area contributed by atoms with Crippen LogP contribution in [0.1, 0.15) is 41.3 Å². The Labute approximate surface area is 114 Å². The number of nitrogens with zero attached hydrogens (tertiary/aromatic N) is 1. The number of hydrogen-bond donors (Lipinski definition) is 0. The molecule has 0 aliphatic heterocycles. The van der Waals surface area contributed by atoms with Gasteiger partial charge in [0, 0.05) is 18.0 Å². The van der Waals surface area contributed by atoms with Gasteiger partial charge in [-0.05, 0) is 55.9 Å². The van der Waals surface area contributed by atoms with Gasteiger partial charge >= 0.3 is 0 Å². The van der Waals surface area contributed by atoms with E-state index in [1.54, 1.807) is 6.92 Å². The third kappa shape index (κ3) is 4.32. The SMILES string of the molecule is CC(=O)c1ccc(CCCCc2ccncc2)cc1. The van der Waals surface area contributed by atoms with E-state index in [0.717, 1.165) is 18.4 Å². The highest BCUT2D eigenvalue weighted by molar-refractivity contribution is 5.93. The van der Waals surface area contributed by atoms with E-state index in [1.165, 1.54) is 24.0 Å². The second kappa shape index (κ2) is 6.83. The van der Waals surface area contributed by atoms with E-state index in [2.05, 4.69) is 29.2 Å². The van der Waals surface area contributed by atoms with Gasteiger partial charge in [0.05, 0.1) is 0 Å². The van der Waals surface area contributed by atoms with Gasteiger partial charge in [-0.1, -0.05) is 24.3 Å². The monoisotopic (exact) mass is 253 g/mol. The Bertz CT molecular complexity index is 517. The van der Waals surface area contributed by atoms with Crippen molar-refractivity contribution in [3.63, 3.8) is 0 Å². The first kappa shape index (κ1) is 13.5. The Kier molecular flexibility index (Phi) is 4.85. The molecule has 0 saturated carbocycles. The van der Waals surface area contributed by atoms with Crippen LogP contribution >= 0.6 is 0 Å². The molecule has 2 heteroatoms. The quantitative estimate of drug-likeness (QED) is 0.578. The molecule has 2 rings (SSSR count). The summed E-state index contributed by atoms with van der Waals surface area (Å²) >= 11 is 0. The van der Waals surface area contributed by atoms with E-state index in [9.17, 15) is 4.79 Å². The first-order chi connectivity index (χ1) is 9.25. The van der Waals surface area contributed by atoms with Crippen molar-refractivity contribution in [2.24, 2.45) is 0 Å². The Balaban J connectivity index is 1.75. The summed E-state index contributed by atoms with van der Waals surface area (Å²) in [5.74, 6) is 0.129. The van der Waals surface area contributed by atoms with Crippen molar-refractivity contribution in [1.29, 1.82) is 0 Å². The summed E-state index contributed by atoms with van der Waals surface area (Å²) in [5.41, 5.74) is 3.45. The van der Waals surface area contributed by atoms with Crippen molar-refractivity contribution in [1.82, 2.24) is 4.98 Å². The maximum absolute atomic E-state index is 11.2. The average molecular weight is 253 g/mol. The Morgan fingerprint density at radius 2 is 1.42 bits per heavy atom. The highest BCUT2D eigenvalue weighted by atomic mass is 16.1. The normalized spacial score (nSPS) is 10.4. The van der Waals surface area contributed by atoms with E-state index in [0.29, 0.717) is 0 Å². The molecule has 19 heavy (non-hydrogen) atoms. The van der Waals surface area contributed by atoms with Gasteiger partial charge in [0.25, 0.3) is 0 Å². The lowest BCUT2D eigenvalue weighted by atomic mass is 10.0. The van der Waals surface area contributed by atoms with Gasteiger partial charge in [-0.2, -0.15) is 0 Å². The van der Waals surface area contributed by atoms with Crippen LogP contribution < -0.4 is 0 Å². The molecule has 0 fully saturated rings. The zero-order chi connectivity index (χ0) is 13.5. The number of aryl methyl sites for hydroxylation is 2. The molecule has 2 nitrogen and oxygen atoms in total. The molecule has 0 saturated heterocycles. The van der Waals surface area contributed by atoms with Crippen molar-refractivity contribution >= 4 is 5.78 Å². The van der Waals surface area contributed by atoms with Crippen LogP contribution in [0.5, 0.6) is 0 Å². The summed E-state index contributed by atoms with van der Waals surface area (Å²) in [6.45, 7) is 1.60. The molecule has 0 N–H and O–H groups in total. The van der Waals surface area contributed by atoms with Gasteiger partial charge < -0.3 is 0 Å². The van der Waals surface area contributed by atoms with Crippen LogP contribution in [-0.4, -0.2) is 10.8 Å². The van der Waals surface area contributed by atoms with E-state index in [1.807, 2.05) is 24.5 Å². The number of Topliss-reactive ketones (excluding diaryl/α,β-unsaturated/α-hetero) is 1. The fraction of sp³-hybridized carbons (Fsp3) is 0.294. The van der Waals surface area contributed by atoms with Crippen LogP contribution in [0, 0.1) is 0 Å². The molecule has 0 bridgehead atoms. The maximum Gasteiger partial charge on any atom is 0.159 e. The molecule has 98 valence electrons. The smallest absolute Gasteiger partial charge is 0.159 e. The Morgan fingerprint density at radius 1 is 0.895 bits per heavy atom. The Hall–Kier alpha value is -1.96. The van der Waals surface area contributed by atoms with Crippen LogP contribution in [-0.2, 0) is 12.8 Å². The molecular weight excluding hydrogens is 234 g/mol. The highest BCUT2D eigenvalue weighted by Crippen LogP contribution is 2.10. The average Bonchev–Trinajstić information content (AvgIpc) is 2.45. The summed E-state index contributed by atoms with van der Waals surface area (Å²) < 4.78 is 0. The molecule has 1 aromatic carbocycles. The summed E-state index contributed by atoms with van der Waals surface area (Å²) in [6.07, 6.45) is 8.21. The molecule has 1 heterocycles. The lowest BCUT2D eigenvalue weighted by molar-refractivity contribution is 0.101. The molecule has 0 aliphatic carbocycles. The maximum atomic E-state index is 11.2. The molecule has 0 spiro atoms. The third-order valence-corrected chi connectivity index (χ3v) is 3.29. The van der Waals surface area contributed by atoms with Gasteiger partial charge in [-0.3, -0.25) is 9.78 Å². The van der Waals surface area contributed by atoms with E-state index < -0.39 is 0 Å². The number of pyridine rings is 1. The number of benzene rings is 1. The second-order valence-electron chi connectivity index (χ2n) is 4.82. The minimum Gasteiger partial charge on any atom is -0.295 e. The fourth-order valence-electron chi connectivity index (χ4n) is 2.11. The summed E-state index contributed by atoms with van der Waals surface area (Å²) in [7, 11) is 0. The van der Waals surface area contributed by atoms with Crippen molar-refractivity contribution in [3.8, 4) is 0 Å². The second-order valence-corrected chi connectivity index (χ2v) is 4.82. The van der Waals surface area contributed by atoms with Crippen LogP contribution in [0.3, 0.4) is 0 Å². The number of ketones is 1. The minimum absolute atomic E-state index is 0.129. The summed E-state index contributed by atoms with van der Waals surface area (Å²) in [6, 6.07) is 12.1. The molecule has 0 amide bonds. The molecule has 0 radical (unpaired) electrons. The molecular formula is C17H19NO. The Morgan fingerprint density at radius 3 is 1.95 bits per heavy atom. The van der Waals surface area contributed by atoms with Gasteiger partial charge in [0.2, 0.25) is 0 Å². The molecule has 0 aliphatic rings. The molecule has 0 atom stereocenters. The van der Waals surface area contributed by atoms with Crippen molar-refractivity contribution in [3.05, 3.63) is 65.5 Å². The van der Waals surface area contributed by atoms with E-state index in [-0.39, 0.29) is 5.78 Å². The van der Waals surface area contributed by atoms with Gasteiger partial charge in [-0.25, -0.2) is 0 Å². The summed E-state index contributed by atoms with van der Waals surface area (Å²) in [5, 5.41) is 0. The van der Waals surface area contributed by atoms with Gasteiger partial charge in [0.15, 0.2) is 5.78 Å². The van der Waals surface area contributed by atoms with Crippen molar-refractivity contribution < 1.29 is 4.79 Å². The predicted molar refractivity (Wildman–Crippen MR) is 77.3 cm³/mol. The van der Waals surface area contributed by atoms with Crippen LogP contribution in [0.25, 0.3) is 0 Å². The van der Waals surface area contributed by atoms with Crippen molar-refractivity contribution in [2.45, 2.75) is 32.6 Å². The van der Waals surface area contributed by atoms with E-state index in [4.69, 9.17) is 0 Å². The highest BCUT2D eigenvalue weighted by Gasteiger charge is 1.99. The van der Waals surface area contributed by atoms with Crippen molar-refractivity contribution in [2.75, 3.05) is 0 Å². The summed E-state index contributed by atoms with van der Waals surface area (Å²) in [4.78, 5) is 15.2. The predicted octanol–water partition coefficient (Wildman–Crippen LogP) is 3.85. The largest absolute Gasteiger partial charge is 0.295 e. The van der Waals surface area contributed by atoms with E-state index >= 15 is 0 Å². The molecule has 0 unspecified atom stereocenters. The van der Waals surface area contributed by atoms with Gasteiger partial charge in [0.1, 0.15) is 0 Å². The third-order valence-electron chi connectivity index (χ3n) is 3.29. The van der Waals surface area contributed by atoms with Crippen LogP contribution in [0.15, 0.2) is 48.8 Å². The lowest BCUT2D eigenvalue weighted by Crippen LogP contribution is -1.93. The number of unbranched alkanes of at least 4 members (excludes halogenated alkanes) is 1.